The van der Waals surface area contributed by atoms with Crippen LogP contribution in [0.3, 0.4) is 0 Å². The van der Waals surface area contributed by atoms with Crippen molar-refractivity contribution >= 4 is 54.2 Å². The molecule has 12 heteroatoms. The lowest BCUT2D eigenvalue weighted by atomic mass is 10.2. The molecule has 4 rings (SSSR count). The van der Waals surface area contributed by atoms with Crippen LogP contribution in [-0.4, -0.2) is 35.1 Å². The molecule has 1 amide bonds. The third-order valence-electron chi connectivity index (χ3n) is 4.76. The van der Waals surface area contributed by atoms with Gasteiger partial charge in [0.15, 0.2) is 15.0 Å². The summed E-state index contributed by atoms with van der Waals surface area (Å²) in [6.07, 6.45) is 4.12. The first-order valence-electron chi connectivity index (χ1n) is 9.62. The molecule has 0 saturated carbocycles. The molecule has 2 aromatic carbocycles. The summed E-state index contributed by atoms with van der Waals surface area (Å²) < 4.78 is 25.7. The molecular weight excluding hydrogens is 478 g/mol. The monoisotopic (exact) mass is 493 g/mol. The quantitative estimate of drug-likeness (QED) is 0.185. The summed E-state index contributed by atoms with van der Waals surface area (Å²) in [5.41, 5.74) is 1.18. The number of carbonyl (C=O) groups excluding carboxylic acids is 1. The topological polar surface area (TPSA) is 148 Å². The third kappa shape index (κ3) is 4.70. The number of thiazole rings is 1. The Bertz CT molecular complexity index is 1630. The van der Waals surface area contributed by atoms with Gasteiger partial charge in [0.05, 0.1) is 25.7 Å². The van der Waals surface area contributed by atoms with Gasteiger partial charge in [0.25, 0.3) is 11.6 Å². The van der Waals surface area contributed by atoms with Gasteiger partial charge in [-0.1, -0.05) is 17.4 Å². The van der Waals surface area contributed by atoms with E-state index in [2.05, 4.69) is 10.3 Å². The fourth-order valence-electron chi connectivity index (χ4n) is 3.15. The maximum Gasteiger partial charge on any atom is 0.271 e. The van der Waals surface area contributed by atoms with Gasteiger partial charge in [-0.15, -0.1) is 0 Å². The second kappa shape index (κ2) is 8.89. The van der Waals surface area contributed by atoms with E-state index in [4.69, 9.17) is 0 Å². The highest BCUT2D eigenvalue weighted by atomic mass is 32.2. The summed E-state index contributed by atoms with van der Waals surface area (Å²) >= 11 is 1.08. The van der Waals surface area contributed by atoms with Crippen LogP contribution in [-0.2, 0) is 14.6 Å². The van der Waals surface area contributed by atoms with Crippen LogP contribution < -0.4 is 5.32 Å². The zero-order valence-electron chi connectivity index (χ0n) is 17.5. The Labute approximate surface area is 197 Å². The molecule has 2 heterocycles. The SMILES string of the molecule is CS(=O)(=O)c1ccc2nc(NC(=O)/C(C#N)=C/c3cccn3-c3cccc([N+](=O)[O-])c3)sc2c1. The van der Waals surface area contributed by atoms with Crippen molar-refractivity contribution in [3.8, 4) is 11.8 Å². The van der Waals surface area contributed by atoms with Crippen molar-refractivity contribution < 1.29 is 18.1 Å². The van der Waals surface area contributed by atoms with E-state index in [1.165, 1.54) is 30.3 Å². The molecule has 0 aliphatic heterocycles. The summed E-state index contributed by atoms with van der Waals surface area (Å²) in [6, 6.07) is 15.6. The molecule has 0 saturated heterocycles. The summed E-state index contributed by atoms with van der Waals surface area (Å²) in [4.78, 5) is 27.7. The predicted octanol–water partition coefficient (Wildman–Crippen LogP) is 3.94. The van der Waals surface area contributed by atoms with Gasteiger partial charge in [-0.25, -0.2) is 13.4 Å². The number of sulfone groups is 1. The first-order valence-corrected chi connectivity index (χ1v) is 12.3. The van der Waals surface area contributed by atoms with Crippen LogP contribution in [0.15, 0.2) is 71.3 Å². The van der Waals surface area contributed by atoms with E-state index in [0.29, 0.717) is 21.6 Å². The zero-order chi connectivity index (χ0) is 24.5. The number of nitriles is 1. The predicted molar refractivity (Wildman–Crippen MR) is 127 cm³/mol. The Morgan fingerprint density at radius 2 is 2.03 bits per heavy atom. The van der Waals surface area contributed by atoms with Gasteiger partial charge in [0.1, 0.15) is 11.6 Å². The molecule has 10 nitrogen and oxygen atoms in total. The Morgan fingerprint density at radius 1 is 1.24 bits per heavy atom. The molecule has 34 heavy (non-hydrogen) atoms. The van der Waals surface area contributed by atoms with Gasteiger partial charge in [-0.3, -0.25) is 20.2 Å². The number of nitro groups is 1. The number of non-ortho nitro benzene ring substituents is 1. The first-order chi connectivity index (χ1) is 16.2. The molecule has 1 N–H and O–H groups in total. The molecule has 170 valence electrons. The van der Waals surface area contributed by atoms with Gasteiger partial charge in [-0.05, 0) is 42.5 Å². The lowest BCUT2D eigenvalue weighted by Crippen LogP contribution is -2.13. The normalized spacial score (nSPS) is 11.8. The number of hydrogen-bond acceptors (Lipinski definition) is 8. The summed E-state index contributed by atoms with van der Waals surface area (Å²) in [7, 11) is -3.39. The number of fused-ring (bicyclic) bond motifs is 1. The fourth-order valence-corrected chi connectivity index (χ4v) is 4.78. The molecule has 0 unspecified atom stereocenters. The summed E-state index contributed by atoms with van der Waals surface area (Å²) in [5.74, 6) is -0.698. The van der Waals surface area contributed by atoms with Crippen LogP contribution in [0.5, 0.6) is 0 Å². The number of amides is 1. The molecule has 0 aliphatic rings. The van der Waals surface area contributed by atoms with E-state index in [0.717, 1.165) is 17.6 Å². The average Bonchev–Trinajstić information content (AvgIpc) is 3.42. The van der Waals surface area contributed by atoms with Gasteiger partial charge in [0, 0.05) is 30.3 Å². The minimum Gasteiger partial charge on any atom is -0.317 e. The van der Waals surface area contributed by atoms with E-state index in [-0.39, 0.29) is 21.3 Å². The molecule has 0 bridgehead atoms. The van der Waals surface area contributed by atoms with Crippen LogP contribution in [0.4, 0.5) is 10.8 Å². The molecule has 4 aromatic rings. The summed E-state index contributed by atoms with van der Waals surface area (Å²) in [6.45, 7) is 0. The second-order valence-corrected chi connectivity index (χ2v) is 10.2. The van der Waals surface area contributed by atoms with Crippen molar-refractivity contribution in [1.82, 2.24) is 9.55 Å². The third-order valence-corrected chi connectivity index (χ3v) is 6.81. The lowest BCUT2D eigenvalue weighted by Gasteiger charge is -2.07. The van der Waals surface area contributed by atoms with Crippen LogP contribution in [0.1, 0.15) is 5.69 Å². The van der Waals surface area contributed by atoms with Crippen molar-refractivity contribution in [3.05, 3.63) is 82.2 Å². The fraction of sp³-hybridized carbons (Fsp3) is 0.0455. The summed E-state index contributed by atoms with van der Waals surface area (Å²) in [5, 5.41) is 23.4. The molecule has 0 radical (unpaired) electrons. The zero-order valence-corrected chi connectivity index (χ0v) is 19.1. The molecule has 0 spiro atoms. The van der Waals surface area contributed by atoms with Gasteiger partial charge in [0.2, 0.25) is 0 Å². The Hall–Kier alpha value is -4.34. The number of anilines is 1. The molecule has 0 aliphatic carbocycles. The highest BCUT2D eigenvalue weighted by Gasteiger charge is 2.16. The molecule has 2 aromatic heterocycles. The highest BCUT2D eigenvalue weighted by Crippen LogP contribution is 2.28. The van der Waals surface area contributed by atoms with Gasteiger partial charge in [-0.2, -0.15) is 5.26 Å². The smallest absolute Gasteiger partial charge is 0.271 e. The number of nitro benzene ring substituents is 1. The lowest BCUT2D eigenvalue weighted by molar-refractivity contribution is -0.384. The highest BCUT2D eigenvalue weighted by molar-refractivity contribution is 7.90. The van der Waals surface area contributed by atoms with Crippen LogP contribution in [0.25, 0.3) is 22.0 Å². The minimum absolute atomic E-state index is 0.0887. The number of benzene rings is 2. The Kier molecular flexibility index (Phi) is 5.97. The van der Waals surface area contributed by atoms with Crippen LogP contribution >= 0.6 is 11.3 Å². The van der Waals surface area contributed by atoms with Crippen LogP contribution in [0.2, 0.25) is 0 Å². The molecule has 0 fully saturated rings. The van der Waals surface area contributed by atoms with Crippen molar-refractivity contribution in [1.29, 1.82) is 5.26 Å². The number of nitrogens with one attached hydrogen (secondary N) is 1. The van der Waals surface area contributed by atoms with E-state index < -0.39 is 20.7 Å². The number of carbonyl (C=O) groups is 1. The van der Waals surface area contributed by atoms with E-state index in [1.54, 1.807) is 41.1 Å². The standard InChI is InChI=1S/C22H15N5O5S2/c1-34(31,32)18-7-8-19-20(12-18)33-22(24-19)25-21(28)14(13-23)10-15-6-3-9-26(15)16-4-2-5-17(11-16)27(29)30/h2-12H,1H3,(H,24,25,28)/b14-10+. The number of hydrogen-bond donors (Lipinski definition) is 1. The Morgan fingerprint density at radius 3 is 2.74 bits per heavy atom. The van der Waals surface area contributed by atoms with Gasteiger partial charge >= 0.3 is 0 Å². The Balaban J connectivity index is 1.62. The van der Waals surface area contributed by atoms with Crippen molar-refractivity contribution in [3.63, 3.8) is 0 Å². The minimum atomic E-state index is -3.39. The largest absolute Gasteiger partial charge is 0.317 e. The van der Waals surface area contributed by atoms with E-state index >= 15 is 0 Å². The number of rotatable bonds is 6. The van der Waals surface area contributed by atoms with Crippen molar-refractivity contribution in [2.24, 2.45) is 0 Å². The number of nitrogens with zero attached hydrogens (tertiary/aromatic N) is 4. The van der Waals surface area contributed by atoms with E-state index in [1.807, 2.05) is 6.07 Å². The van der Waals surface area contributed by atoms with Crippen LogP contribution in [0, 0.1) is 21.4 Å². The maximum atomic E-state index is 12.7. The molecular formula is C22H15N5O5S2. The van der Waals surface area contributed by atoms with Crippen molar-refractivity contribution in [2.45, 2.75) is 4.90 Å². The maximum absolute atomic E-state index is 12.7. The average molecular weight is 494 g/mol. The molecule has 0 atom stereocenters. The number of aromatic nitrogens is 2. The van der Waals surface area contributed by atoms with Gasteiger partial charge < -0.3 is 4.57 Å². The first kappa shape index (κ1) is 22.8. The van der Waals surface area contributed by atoms with Crippen molar-refractivity contribution in [2.75, 3.05) is 11.6 Å². The second-order valence-electron chi connectivity index (χ2n) is 7.12. The van der Waals surface area contributed by atoms with E-state index in [9.17, 15) is 28.6 Å².